The van der Waals surface area contributed by atoms with E-state index in [1.165, 1.54) is 0 Å². The van der Waals surface area contributed by atoms with Crippen LogP contribution in [-0.2, 0) is 4.79 Å². The lowest BCUT2D eigenvalue weighted by Gasteiger charge is -2.11. The first-order valence-electron chi connectivity index (χ1n) is 7.34. The monoisotopic (exact) mass is 304 g/mol. The summed E-state index contributed by atoms with van der Waals surface area (Å²) in [6, 6.07) is 5.00. The maximum absolute atomic E-state index is 12.0. The van der Waals surface area contributed by atoms with Crippen LogP contribution in [0.5, 0.6) is 11.5 Å². The number of hydrogen-bond acceptors (Lipinski definition) is 4. The summed E-state index contributed by atoms with van der Waals surface area (Å²) in [6.45, 7) is 6.94. The van der Waals surface area contributed by atoms with E-state index in [4.69, 9.17) is 9.47 Å². The normalized spacial score (nSPS) is 16.1. The third-order valence-corrected chi connectivity index (χ3v) is 3.16. The summed E-state index contributed by atoms with van der Waals surface area (Å²) in [4.78, 5) is 24.8. The maximum Gasteiger partial charge on any atom is 0.328 e. The van der Waals surface area contributed by atoms with E-state index in [1.807, 2.05) is 19.9 Å². The van der Waals surface area contributed by atoms with Gasteiger partial charge in [0.25, 0.3) is 5.91 Å². The summed E-state index contributed by atoms with van der Waals surface area (Å²) in [5.74, 6) is 0.950. The van der Waals surface area contributed by atoms with Crippen molar-refractivity contribution in [3.8, 4) is 11.5 Å². The van der Waals surface area contributed by atoms with Gasteiger partial charge < -0.3 is 14.8 Å². The molecule has 1 fully saturated rings. The molecule has 0 aliphatic carbocycles. The highest BCUT2D eigenvalue weighted by molar-refractivity contribution is 6.13. The molecule has 0 unspecified atom stereocenters. The molecule has 118 valence electrons. The van der Waals surface area contributed by atoms with Crippen LogP contribution in [0.15, 0.2) is 23.9 Å². The molecule has 0 saturated carbocycles. The molecule has 3 amide bonds. The lowest BCUT2D eigenvalue weighted by molar-refractivity contribution is -0.122. The highest BCUT2D eigenvalue weighted by Crippen LogP contribution is 2.29. The van der Waals surface area contributed by atoms with Crippen molar-refractivity contribution < 1.29 is 19.1 Å². The molecule has 1 aromatic rings. The number of nitrogens with zero attached hydrogens (tertiary/aromatic N) is 1. The molecule has 1 saturated heterocycles. The molecule has 2 rings (SSSR count). The standard InChI is InChI=1S/C16H20N2O4/c1-4-18-15(19)12(17-16(18)20)9-11-7-8-13(21-5-2)14(10-11)22-6-3/h7-10H,4-6H2,1-3H3,(H,17,20)/b12-9+. The van der Waals surface area contributed by atoms with Gasteiger partial charge in [0.1, 0.15) is 5.70 Å². The van der Waals surface area contributed by atoms with Gasteiger partial charge in [-0.3, -0.25) is 9.69 Å². The van der Waals surface area contributed by atoms with Gasteiger partial charge in [0.05, 0.1) is 13.2 Å². The largest absolute Gasteiger partial charge is 0.490 e. The van der Waals surface area contributed by atoms with E-state index in [-0.39, 0.29) is 11.6 Å². The minimum Gasteiger partial charge on any atom is -0.490 e. The first kappa shape index (κ1) is 15.9. The molecule has 0 spiro atoms. The molecule has 22 heavy (non-hydrogen) atoms. The van der Waals surface area contributed by atoms with Crippen LogP contribution in [-0.4, -0.2) is 36.6 Å². The van der Waals surface area contributed by atoms with Crippen LogP contribution in [0, 0.1) is 0 Å². The van der Waals surface area contributed by atoms with E-state index in [0.29, 0.717) is 31.3 Å². The van der Waals surface area contributed by atoms with Crippen molar-refractivity contribution in [2.24, 2.45) is 0 Å². The zero-order valence-corrected chi connectivity index (χ0v) is 13.0. The molecule has 1 aromatic carbocycles. The summed E-state index contributed by atoms with van der Waals surface area (Å²) in [5.41, 5.74) is 1.02. The van der Waals surface area contributed by atoms with Crippen molar-refractivity contribution >= 4 is 18.0 Å². The molecular weight excluding hydrogens is 284 g/mol. The van der Waals surface area contributed by atoms with Gasteiger partial charge in [0.15, 0.2) is 11.5 Å². The van der Waals surface area contributed by atoms with Gasteiger partial charge in [0.2, 0.25) is 0 Å². The molecule has 1 aliphatic heterocycles. The first-order chi connectivity index (χ1) is 10.6. The Hall–Kier alpha value is -2.50. The molecule has 1 heterocycles. The molecule has 0 bridgehead atoms. The number of likely N-dealkylation sites (N-methyl/N-ethyl adjacent to an activating group) is 1. The molecule has 6 nitrogen and oxygen atoms in total. The van der Waals surface area contributed by atoms with Crippen molar-refractivity contribution in [1.29, 1.82) is 0 Å². The highest BCUT2D eigenvalue weighted by atomic mass is 16.5. The van der Waals surface area contributed by atoms with Crippen LogP contribution in [0.4, 0.5) is 4.79 Å². The van der Waals surface area contributed by atoms with Crippen molar-refractivity contribution in [2.45, 2.75) is 20.8 Å². The van der Waals surface area contributed by atoms with E-state index in [0.717, 1.165) is 10.5 Å². The molecule has 0 aromatic heterocycles. The van der Waals surface area contributed by atoms with Crippen molar-refractivity contribution in [3.63, 3.8) is 0 Å². The SMILES string of the molecule is CCOc1ccc(/C=C2/NC(=O)N(CC)C2=O)cc1OCC. The van der Waals surface area contributed by atoms with Crippen LogP contribution in [0.3, 0.4) is 0 Å². The maximum atomic E-state index is 12.0. The van der Waals surface area contributed by atoms with Gasteiger partial charge >= 0.3 is 6.03 Å². The number of carbonyl (C=O) groups excluding carboxylic acids is 2. The Morgan fingerprint density at radius 1 is 1.09 bits per heavy atom. The number of nitrogens with one attached hydrogen (secondary N) is 1. The lowest BCUT2D eigenvalue weighted by Crippen LogP contribution is -2.30. The van der Waals surface area contributed by atoms with Gasteiger partial charge in [-0.05, 0) is 44.5 Å². The quantitative estimate of drug-likeness (QED) is 0.647. The first-order valence-corrected chi connectivity index (χ1v) is 7.34. The Balaban J connectivity index is 2.30. The van der Waals surface area contributed by atoms with Crippen molar-refractivity contribution in [3.05, 3.63) is 29.5 Å². The molecule has 0 radical (unpaired) electrons. The Labute approximate surface area is 129 Å². The third-order valence-electron chi connectivity index (χ3n) is 3.16. The number of amides is 3. The fourth-order valence-corrected chi connectivity index (χ4v) is 2.18. The van der Waals surface area contributed by atoms with E-state index >= 15 is 0 Å². The molecular formula is C16H20N2O4. The van der Waals surface area contributed by atoms with Crippen LogP contribution in [0.2, 0.25) is 0 Å². The number of hydrogen-bond donors (Lipinski definition) is 1. The van der Waals surface area contributed by atoms with Gasteiger partial charge in [-0.25, -0.2) is 4.79 Å². The van der Waals surface area contributed by atoms with Crippen LogP contribution < -0.4 is 14.8 Å². The van der Waals surface area contributed by atoms with E-state index < -0.39 is 6.03 Å². The van der Waals surface area contributed by atoms with Crippen molar-refractivity contribution in [1.82, 2.24) is 10.2 Å². The summed E-state index contributed by atoms with van der Waals surface area (Å²) in [6.07, 6.45) is 1.63. The number of ether oxygens (including phenoxy) is 2. The zero-order valence-electron chi connectivity index (χ0n) is 13.0. The predicted octanol–water partition coefficient (Wildman–Crippen LogP) is 2.40. The molecule has 0 atom stereocenters. The minimum atomic E-state index is -0.394. The summed E-state index contributed by atoms with van der Waals surface area (Å²) in [5, 5.41) is 2.57. The summed E-state index contributed by atoms with van der Waals surface area (Å²) < 4.78 is 11.0. The average molecular weight is 304 g/mol. The number of rotatable bonds is 6. The Kier molecular flexibility index (Phi) is 5.04. The fourth-order valence-electron chi connectivity index (χ4n) is 2.18. The smallest absolute Gasteiger partial charge is 0.328 e. The second-order valence-corrected chi connectivity index (χ2v) is 4.61. The summed E-state index contributed by atoms with van der Waals surface area (Å²) >= 11 is 0. The molecule has 1 aliphatic rings. The van der Waals surface area contributed by atoms with Crippen molar-refractivity contribution in [2.75, 3.05) is 19.8 Å². The van der Waals surface area contributed by atoms with Gasteiger partial charge in [-0.15, -0.1) is 0 Å². The second kappa shape index (κ2) is 6.98. The molecule has 1 N–H and O–H groups in total. The Morgan fingerprint density at radius 2 is 1.77 bits per heavy atom. The van der Waals surface area contributed by atoms with Crippen LogP contribution in [0.1, 0.15) is 26.3 Å². The fraction of sp³-hybridized carbons (Fsp3) is 0.375. The van der Waals surface area contributed by atoms with Crippen LogP contribution >= 0.6 is 0 Å². The van der Waals surface area contributed by atoms with E-state index in [1.54, 1.807) is 25.1 Å². The number of benzene rings is 1. The van der Waals surface area contributed by atoms with E-state index in [2.05, 4.69) is 5.32 Å². The third kappa shape index (κ3) is 3.21. The second-order valence-electron chi connectivity index (χ2n) is 4.61. The van der Waals surface area contributed by atoms with Crippen LogP contribution in [0.25, 0.3) is 6.08 Å². The van der Waals surface area contributed by atoms with Gasteiger partial charge in [0, 0.05) is 6.54 Å². The molecule has 6 heteroatoms. The Morgan fingerprint density at radius 3 is 2.36 bits per heavy atom. The predicted molar refractivity (Wildman–Crippen MR) is 82.7 cm³/mol. The van der Waals surface area contributed by atoms with E-state index in [9.17, 15) is 9.59 Å². The zero-order chi connectivity index (χ0) is 16.1. The number of carbonyl (C=O) groups is 2. The highest BCUT2D eigenvalue weighted by Gasteiger charge is 2.31. The number of urea groups is 1. The van der Waals surface area contributed by atoms with Gasteiger partial charge in [-0.2, -0.15) is 0 Å². The lowest BCUT2D eigenvalue weighted by atomic mass is 10.1. The summed E-state index contributed by atoms with van der Waals surface area (Å²) in [7, 11) is 0. The Bertz CT molecular complexity index is 610. The topological polar surface area (TPSA) is 67.9 Å². The number of imide groups is 1. The van der Waals surface area contributed by atoms with Gasteiger partial charge in [-0.1, -0.05) is 6.07 Å². The average Bonchev–Trinajstić information content (AvgIpc) is 2.76. The minimum absolute atomic E-state index is 0.262.